The highest BCUT2D eigenvalue weighted by Crippen LogP contribution is 2.47. The van der Waals surface area contributed by atoms with Crippen LogP contribution < -0.4 is 14.8 Å². The number of methoxy groups -OCH3 is 1. The Morgan fingerprint density at radius 1 is 1.08 bits per heavy atom. The molecule has 0 saturated carbocycles. The van der Waals surface area contributed by atoms with Gasteiger partial charge in [0.1, 0.15) is 29.5 Å². The summed E-state index contributed by atoms with van der Waals surface area (Å²) >= 11 is 0. The number of hydrogen-bond acceptors (Lipinski definition) is 7. The van der Waals surface area contributed by atoms with Gasteiger partial charge in [0.15, 0.2) is 0 Å². The van der Waals surface area contributed by atoms with Crippen molar-refractivity contribution in [2.24, 2.45) is 0 Å². The van der Waals surface area contributed by atoms with Gasteiger partial charge in [-0.15, -0.1) is 0 Å². The minimum absolute atomic E-state index is 0.00349. The van der Waals surface area contributed by atoms with Crippen LogP contribution in [0.3, 0.4) is 0 Å². The van der Waals surface area contributed by atoms with Crippen molar-refractivity contribution >= 4 is 17.6 Å². The number of carbonyl (C=O) groups excluding carboxylic acids is 3. The quantitative estimate of drug-likeness (QED) is 0.380. The molecule has 4 rings (SSSR count). The lowest BCUT2D eigenvalue weighted by Crippen LogP contribution is -2.56. The number of amides is 2. The number of nitrogens with zero attached hydrogens (tertiary/aromatic N) is 1. The van der Waals surface area contributed by atoms with E-state index in [2.05, 4.69) is 5.32 Å². The SMILES string of the molecule is COc1ccccc1CCN(C(=O)CCCC(C)=O)[C@@H]1C=C(C(=O)NCCO)[C@@H]2c3ccccc3O[C@@H]2[C@H]1O. The summed E-state index contributed by atoms with van der Waals surface area (Å²) in [5.74, 6) is 0.153. The maximum absolute atomic E-state index is 13.6. The van der Waals surface area contributed by atoms with E-state index < -0.39 is 24.2 Å². The van der Waals surface area contributed by atoms with E-state index >= 15 is 0 Å². The van der Waals surface area contributed by atoms with Crippen molar-refractivity contribution in [2.45, 2.75) is 56.8 Å². The van der Waals surface area contributed by atoms with Gasteiger partial charge in [-0.3, -0.25) is 9.59 Å². The van der Waals surface area contributed by atoms with Crippen molar-refractivity contribution in [3.05, 3.63) is 71.3 Å². The second-order valence-electron chi connectivity index (χ2n) is 9.89. The Hall–Kier alpha value is -3.69. The van der Waals surface area contributed by atoms with Gasteiger partial charge in [0.25, 0.3) is 0 Å². The molecule has 2 aromatic carbocycles. The number of rotatable bonds is 12. The molecule has 0 fully saturated rings. The molecule has 0 spiro atoms. The summed E-state index contributed by atoms with van der Waals surface area (Å²) < 4.78 is 11.6. The van der Waals surface area contributed by atoms with Crippen LogP contribution in [0.5, 0.6) is 11.5 Å². The van der Waals surface area contributed by atoms with Crippen LogP contribution in [-0.4, -0.2) is 77.8 Å². The van der Waals surface area contributed by atoms with E-state index in [9.17, 15) is 24.6 Å². The van der Waals surface area contributed by atoms with E-state index in [1.54, 1.807) is 24.2 Å². The molecule has 39 heavy (non-hydrogen) atoms. The molecule has 1 heterocycles. The van der Waals surface area contributed by atoms with Gasteiger partial charge in [-0.2, -0.15) is 0 Å². The third-order valence-corrected chi connectivity index (χ3v) is 7.29. The fraction of sp³-hybridized carbons (Fsp3) is 0.433. The number of hydrogen-bond donors (Lipinski definition) is 3. The number of nitrogens with one attached hydrogen (secondary N) is 1. The fourth-order valence-corrected chi connectivity index (χ4v) is 5.41. The van der Waals surface area contributed by atoms with Crippen LogP contribution in [0.1, 0.15) is 43.2 Å². The molecule has 4 atom stereocenters. The number of benzene rings is 2. The van der Waals surface area contributed by atoms with Gasteiger partial charge in [0.2, 0.25) is 11.8 Å². The number of para-hydroxylation sites is 2. The molecule has 1 aliphatic carbocycles. The largest absolute Gasteiger partial charge is 0.496 e. The van der Waals surface area contributed by atoms with Gasteiger partial charge in [-0.05, 0) is 43.5 Å². The fourth-order valence-electron chi connectivity index (χ4n) is 5.41. The number of ketones is 1. The van der Waals surface area contributed by atoms with Crippen molar-refractivity contribution in [1.29, 1.82) is 0 Å². The molecule has 0 unspecified atom stereocenters. The zero-order valence-corrected chi connectivity index (χ0v) is 22.3. The second kappa shape index (κ2) is 12.9. The Balaban J connectivity index is 1.69. The highest BCUT2D eigenvalue weighted by Gasteiger charge is 2.50. The molecule has 0 bridgehead atoms. The summed E-state index contributed by atoms with van der Waals surface area (Å²) in [5.41, 5.74) is 2.07. The van der Waals surface area contributed by atoms with Crippen molar-refractivity contribution in [3.63, 3.8) is 0 Å². The molecule has 0 aromatic heterocycles. The summed E-state index contributed by atoms with van der Waals surface area (Å²) in [4.78, 5) is 39.9. The van der Waals surface area contributed by atoms with Gasteiger partial charge < -0.3 is 34.7 Å². The highest BCUT2D eigenvalue weighted by molar-refractivity contribution is 5.96. The Labute approximate surface area is 228 Å². The van der Waals surface area contributed by atoms with E-state index in [0.717, 1.165) is 11.1 Å². The van der Waals surface area contributed by atoms with Gasteiger partial charge in [-0.1, -0.05) is 36.4 Å². The number of carbonyl (C=O) groups is 3. The van der Waals surface area contributed by atoms with Gasteiger partial charge in [0.05, 0.1) is 25.7 Å². The Bertz CT molecular complexity index is 1230. The first-order chi connectivity index (χ1) is 18.8. The number of fused-ring (bicyclic) bond motifs is 3. The van der Waals surface area contributed by atoms with E-state index in [1.165, 1.54) is 6.92 Å². The lowest BCUT2D eigenvalue weighted by Gasteiger charge is -2.41. The van der Waals surface area contributed by atoms with Crippen LogP contribution in [0.15, 0.2) is 60.2 Å². The molecule has 3 N–H and O–H groups in total. The third kappa shape index (κ3) is 6.32. The average molecular weight is 537 g/mol. The molecule has 9 heteroatoms. The monoisotopic (exact) mass is 536 g/mol. The number of aliphatic hydroxyl groups excluding tert-OH is 2. The van der Waals surface area contributed by atoms with Crippen molar-refractivity contribution in [3.8, 4) is 11.5 Å². The minimum atomic E-state index is -1.11. The zero-order valence-electron chi connectivity index (χ0n) is 22.3. The molecule has 1 aliphatic heterocycles. The van der Waals surface area contributed by atoms with E-state index in [4.69, 9.17) is 9.47 Å². The predicted octanol–water partition coefficient (Wildman–Crippen LogP) is 2.15. The van der Waals surface area contributed by atoms with Crippen LogP contribution in [0.2, 0.25) is 0 Å². The smallest absolute Gasteiger partial charge is 0.247 e. The molecule has 2 aromatic rings. The van der Waals surface area contributed by atoms with Crippen molar-refractivity contribution in [2.75, 3.05) is 26.8 Å². The maximum Gasteiger partial charge on any atom is 0.247 e. The maximum atomic E-state index is 13.6. The van der Waals surface area contributed by atoms with Crippen LogP contribution >= 0.6 is 0 Å². The van der Waals surface area contributed by atoms with Gasteiger partial charge in [-0.25, -0.2) is 0 Å². The average Bonchev–Trinajstić information content (AvgIpc) is 3.33. The molecule has 2 amide bonds. The molecule has 2 aliphatic rings. The first-order valence-electron chi connectivity index (χ1n) is 13.3. The molecule has 208 valence electrons. The molecule has 9 nitrogen and oxygen atoms in total. The summed E-state index contributed by atoms with van der Waals surface area (Å²) in [6, 6.07) is 14.0. The normalized spacial score (nSPS) is 21.2. The second-order valence-corrected chi connectivity index (χ2v) is 9.89. The Morgan fingerprint density at radius 3 is 2.56 bits per heavy atom. The number of aliphatic hydroxyl groups is 2. The number of Topliss-reactive ketones (excluding diaryl/α,β-unsaturated/α-hetero) is 1. The van der Waals surface area contributed by atoms with E-state index in [0.29, 0.717) is 29.9 Å². The minimum Gasteiger partial charge on any atom is -0.496 e. The van der Waals surface area contributed by atoms with Gasteiger partial charge in [0, 0.05) is 37.1 Å². The Morgan fingerprint density at radius 2 is 1.82 bits per heavy atom. The third-order valence-electron chi connectivity index (χ3n) is 7.29. The van der Waals surface area contributed by atoms with Crippen molar-refractivity contribution < 1.29 is 34.1 Å². The zero-order chi connectivity index (χ0) is 27.9. The molecular formula is C30H36N2O7. The van der Waals surface area contributed by atoms with E-state index in [-0.39, 0.29) is 50.1 Å². The summed E-state index contributed by atoms with van der Waals surface area (Å²) in [6.07, 6.45) is 1.05. The molecule has 0 saturated heterocycles. The van der Waals surface area contributed by atoms with Crippen LogP contribution in [0.25, 0.3) is 0 Å². The van der Waals surface area contributed by atoms with E-state index in [1.807, 2.05) is 42.5 Å². The highest BCUT2D eigenvalue weighted by atomic mass is 16.5. The standard InChI is InChI=1S/C30H36N2O7/c1-19(34)8-7-13-26(35)32(16-14-20-9-3-5-11-24(20)38-2)23-18-22(30(37)31-15-17-33)27-21-10-4-6-12-25(21)39-29(27)28(23)36/h3-6,9-12,18,23,27-29,33,36H,7-8,13-17H2,1-2H3,(H,31,37)/t23-,27+,28+,29+/m1/s1. The van der Waals surface area contributed by atoms with Crippen LogP contribution in [0, 0.1) is 0 Å². The first-order valence-corrected chi connectivity index (χ1v) is 13.3. The van der Waals surface area contributed by atoms with Crippen LogP contribution in [-0.2, 0) is 20.8 Å². The predicted molar refractivity (Wildman–Crippen MR) is 145 cm³/mol. The summed E-state index contributed by atoms with van der Waals surface area (Å²) in [5, 5.41) is 23.6. The topological polar surface area (TPSA) is 125 Å². The Kier molecular flexibility index (Phi) is 9.37. The lowest BCUT2D eigenvalue weighted by atomic mass is 9.77. The first kappa shape index (κ1) is 28.3. The summed E-state index contributed by atoms with van der Waals surface area (Å²) in [6.45, 7) is 1.61. The lowest BCUT2D eigenvalue weighted by molar-refractivity contribution is -0.137. The van der Waals surface area contributed by atoms with Gasteiger partial charge >= 0.3 is 0 Å². The number of ether oxygens (including phenoxy) is 2. The molecular weight excluding hydrogens is 500 g/mol. The van der Waals surface area contributed by atoms with Crippen LogP contribution in [0.4, 0.5) is 0 Å². The summed E-state index contributed by atoms with van der Waals surface area (Å²) in [7, 11) is 1.59. The van der Waals surface area contributed by atoms with Crippen molar-refractivity contribution in [1.82, 2.24) is 10.2 Å². The molecule has 0 radical (unpaired) electrons.